The number of hydrogen-bond acceptors (Lipinski definition) is 3. The van der Waals surface area contributed by atoms with Crippen molar-refractivity contribution in [1.29, 1.82) is 0 Å². The van der Waals surface area contributed by atoms with Gasteiger partial charge in [0.15, 0.2) is 11.6 Å². The SMILES string of the molecule is Oc1ccc(NCc2ccccc2Sc2ccc(Cl)cc2)cc1F. The number of phenolic OH excluding ortho intramolecular Hbond substituents is 1. The number of phenols is 1. The van der Waals surface area contributed by atoms with Gasteiger partial charge in [0.05, 0.1) is 0 Å². The molecule has 0 radical (unpaired) electrons. The number of anilines is 1. The first kappa shape index (κ1) is 16.7. The number of nitrogens with one attached hydrogen (secondary N) is 1. The van der Waals surface area contributed by atoms with Gasteiger partial charge in [-0.25, -0.2) is 4.39 Å². The van der Waals surface area contributed by atoms with Crippen molar-refractivity contribution in [2.45, 2.75) is 16.3 Å². The average Bonchev–Trinajstić information content (AvgIpc) is 2.59. The molecule has 2 nitrogen and oxygen atoms in total. The van der Waals surface area contributed by atoms with Crippen molar-refractivity contribution in [2.24, 2.45) is 0 Å². The monoisotopic (exact) mass is 359 g/mol. The Morgan fingerprint density at radius 3 is 2.50 bits per heavy atom. The van der Waals surface area contributed by atoms with Gasteiger partial charge in [-0.2, -0.15) is 0 Å². The quantitative estimate of drug-likeness (QED) is 0.552. The summed E-state index contributed by atoms with van der Waals surface area (Å²) < 4.78 is 13.4. The highest BCUT2D eigenvalue weighted by Gasteiger charge is 2.06. The van der Waals surface area contributed by atoms with Crippen LogP contribution in [0.3, 0.4) is 0 Å². The lowest BCUT2D eigenvalue weighted by molar-refractivity contribution is 0.432. The fourth-order valence-corrected chi connectivity index (χ4v) is 3.26. The third kappa shape index (κ3) is 4.22. The van der Waals surface area contributed by atoms with Crippen molar-refractivity contribution in [2.75, 3.05) is 5.32 Å². The van der Waals surface area contributed by atoms with Gasteiger partial charge >= 0.3 is 0 Å². The lowest BCUT2D eigenvalue weighted by Crippen LogP contribution is -2.01. The molecule has 0 aliphatic carbocycles. The van der Waals surface area contributed by atoms with Gasteiger partial charge in [-0.15, -0.1) is 0 Å². The first-order valence-electron chi connectivity index (χ1n) is 7.35. The van der Waals surface area contributed by atoms with Crippen LogP contribution in [-0.4, -0.2) is 5.11 Å². The van der Waals surface area contributed by atoms with E-state index in [0.29, 0.717) is 17.3 Å². The maximum absolute atomic E-state index is 13.4. The summed E-state index contributed by atoms with van der Waals surface area (Å²) in [6.45, 7) is 0.557. The van der Waals surface area contributed by atoms with Gasteiger partial charge in [-0.05, 0) is 48.0 Å². The van der Waals surface area contributed by atoms with E-state index < -0.39 is 5.82 Å². The fourth-order valence-electron chi connectivity index (χ4n) is 2.19. The van der Waals surface area contributed by atoms with Crippen molar-refractivity contribution in [1.82, 2.24) is 0 Å². The maximum atomic E-state index is 13.4. The van der Waals surface area contributed by atoms with E-state index in [9.17, 15) is 9.50 Å². The Bertz CT molecular complexity index is 839. The second-order valence-electron chi connectivity index (χ2n) is 5.18. The van der Waals surface area contributed by atoms with E-state index in [2.05, 4.69) is 5.32 Å². The van der Waals surface area contributed by atoms with Crippen LogP contribution < -0.4 is 5.32 Å². The maximum Gasteiger partial charge on any atom is 0.166 e. The number of hydrogen-bond donors (Lipinski definition) is 2. The van der Waals surface area contributed by atoms with Crippen LogP contribution in [0.25, 0.3) is 0 Å². The molecule has 0 aliphatic rings. The van der Waals surface area contributed by atoms with Gasteiger partial charge in [0.25, 0.3) is 0 Å². The minimum atomic E-state index is -0.635. The molecule has 0 unspecified atom stereocenters. The molecule has 24 heavy (non-hydrogen) atoms. The summed E-state index contributed by atoms with van der Waals surface area (Å²) in [5.41, 5.74) is 1.72. The van der Waals surface area contributed by atoms with Crippen molar-refractivity contribution in [3.63, 3.8) is 0 Å². The molecule has 0 spiro atoms. The van der Waals surface area contributed by atoms with Gasteiger partial charge in [-0.1, -0.05) is 41.6 Å². The van der Waals surface area contributed by atoms with Crippen molar-refractivity contribution >= 4 is 29.1 Å². The highest BCUT2D eigenvalue weighted by atomic mass is 35.5. The molecule has 0 heterocycles. The molecular formula is C19H15ClFNOS. The summed E-state index contributed by atoms with van der Waals surface area (Å²) in [5, 5.41) is 13.1. The van der Waals surface area contributed by atoms with Gasteiger partial charge in [0.1, 0.15) is 0 Å². The summed E-state index contributed by atoms with van der Waals surface area (Å²) in [6.07, 6.45) is 0. The summed E-state index contributed by atoms with van der Waals surface area (Å²) in [4.78, 5) is 2.22. The van der Waals surface area contributed by atoms with Crippen LogP contribution in [0, 0.1) is 5.82 Å². The fraction of sp³-hybridized carbons (Fsp3) is 0.0526. The molecule has 0 saturated heterocycles. The average molecular weight is 360 g/mol. The van der Waals surface area contributed by atoms with Crippen LogP contribution in [0.4, 0.5) is 10.1 Å². The van der Waals surface area contributed by atoms with Crippen LogP contribution in [0.1, 0.15) is 5.56 Å². The summed E-state index contributed by atoms with van der Waals surface area (Å²) >= 11 is 7.57. The van der Waals surface area contributed by atoms with Crippen molar-refractivity contribution in [3.05, 3.63) is 83.1 Å². The number of benzene rings is 3. The minimum absolute atomic E-state index is 0.348. The second-order valence-corrected chi connectivity index (χ2v) is 6.74. The molecule has 0 fully saturated rings. The highest BCUT2D eigenvalue weighted by molar-refractivity contribution is 7.99. The van der Waals surface area contributed by atoms with E-state index in [1.54, 1.807) is 17.8 Å². The molecular weight excluding hydrogens is 345 g/mol. The highest BCUT2D eigenvalue weighted by Crippen LogP contribution is 2.31. The Morgan fingerprint density at radius 2 is 1.75 bits per heavy atom. The van der Waals surface area contributed by atoms with Crippen LogP contribution in [0.5, 0.6) is 5.75 Å². The van der Waals surface area contributed by atoms with Gasteiger partial charge in [0, 0.05) is 33.1 Å². The lowest BCUT2D eigenvalue weighted by Gasteiger charge is -2.11. The van der Waals surface area contributed by atoms with E-state index in [1.165, 1.54) is 12.1 Å². The molecule has 3 aromatic carbocycles. The summed E-state index contributed by atoms with van der Waals surface area (Å²) in [7, 11) is 0. The molecule has 0 bridgehead atoms. The zero-order chi connectivity index (χ0) is 16.9. The number of aromatic hydroxyl groups is 1. The standard InChI is InChI=1S/C19H15ClFNOS/c20-14-5-8-16(9-6-14)24-19-4-2-1-3-13(19)12-22-15-7-10-18(23)17(21)11-15/h1-11,22-23H,12H2. The zero-order valence-electron chi connectivity index (χ0n) is 12.7. The van der Waals surface area contributed by atoms with Gasteiger partial charge < -0.3 is 10.4 Å². The molecule has 0 aromatic heterocycles. The molecule has 122 valence electrons. The largest absolute Gasteiger partial charge is 0.505 e. The first-order chi connectivity index (χ1) is 11.6. The minimum Gasteiger partial charge on any atom is -0.505 e. The van der Waals surface area contributed by atoms with E-state index in [1.807, 2.05) is 48.5 Å². The Morgan fingerprint density at radius 1 is 1.00 bits per heavy atom. The van der Waals surface area contributed by atoms with E-state index >= 15 is 0 Å². The normalized spacial score (nSPS) is 10.6. The molecule has 3 rings (SSSR count). The first-order valence-corrected chi connectivity index (χ1v) is 8.55. The van der Waals surface area contributed by atoms with Crippen molar-refractivity contribution < 1.29 is 9.50 Å². The predicted octanol–water partition coefficient (Wildman–Crippen LogP) is 5.95. The zero-order valence-corrected chi connectivity index (χ0v) is 14.2. The molecule has 3 aromatic rings. The predicted molar refractivity (Wildman–Crippen MR) is 97.4 cm³/mol. The van der Waals surface area contributed by atoms with Crippen LogP contribution in [0.15, 0.2) is 76.5 Å². The molecule has 0 aliphatic heterocycles. The molecule has 5 heteroatoms. The third-order valence-electron chi connectivity index (χ3n) is 3.44. The topological polar surface area (TPSA) is 32.3 Å². The second kappa shape index (κ2) is 7.60. The Kier molecular flexibility index (Phi) is 5.28. The van der Waals surface area contributed by atoms with Gasteiger partial charge in [0.2, 0.25) is 0 Å². The summed E-state index contributed by atoms with van der Waals surface area (Å²) in [5.74, 6) is -0.983. The van der Waals surface area contributed by atoms with Crippen LogP contribution in [0.2, 0.25) is 5.02 Å². The Hall–Kier alpha value is -2.17. The molecule has 0 saturated carbocycles. The number of rotatable bonds is 5. The van der Waals surface area contributed by atoms with E-state index in [-0.39, 0.29) is 5.75 Å². The molecule has 2 N–H and O–H groups in total. The van der Waals surface area contributed by atoms with Crippen LogP contribution >= 0.6 is 23.4 Å². The summed E-state index contributed by atoms with van der Waals surface area (Å²) in [6, 6.07) is 20.0. The Labute approximate surface area is 149 Å². The van der Waals surface area contributed by atoms with E-state index in [0.717, 1.165) is 15.4 Å². The third-order valence-corrected chi connectivity index (χ3v) is 4.82. The van der Waals surface area contributed by atoms with Crippen LogP contribution in [-0.2, 0) is 6.54 Å². The van der Waals surface area contributed by atoms with Gasteiger partial charge in [-0.3, -0.25) is 0 Å². The molecule has 0 atom stereocenters. The van der Waals surface area contributed by atoms with E-state index in [4.69, 9.17) is 11.6 Å². The number of halogens is 2. The Balaban J connectivity index is 1.74. The van der Waals surface area contributed by atoms with Crippen molar-refractivity contribution in [3.8, 4) is 5.75 Å². The molecule has 0 amide bonds. The smallest absolute Gasteiger partial charge is 0.166 e. The lowest BCUT2D eigenvalue weighted by atomic mass is 10.2.